The molecule has 0 aliphatic rings. The van der Waals surface area contributed by atoms with Crippen LogP contribution in [0.2, 0.25) is 0 Å². The Morgan fingerprint density at radius 3 is 2.58 bits per heavy atom. The molecule has 0 saturated carbocycles. The largest absolute Gasteiger partial charge is 0.454 e. The van der Waals surface area contributed by atoms with Gasteiger partial charge in [0.25, 0.3) is 0 Å². The summed E-state index contributed by atoms with van der Waals surface area (Å²) in [6.07, 6.45) is 1.81. The van der Waals surface area contributed by atoms with E-state index in [0.29, 0.717) is 6.42 Å². The molecule has 0 N–H and O–H groups in total. The van der Waals surface area contributed by atoms with Gasteiger partial charge in [-0.05, 0) is 13.8 Å². The molecular weight excluding hydrogens is 158 g/mol. The molecule has 0 atom stereocenters. The maximum atomic E-state index is 10.9. The molecule has 0 saturated heterocycles. The number of hydrogen-bond acceptors (Lipinski definition) is 4. The molecule has 0 heterocycles. The van der Waals surface area contributed by atoms with Gasteiger partial charge in [-0.25, -0.2) is 0 Å². The van der Waals surface area contributed by atoms with Crippen molar-refractivity contribution in [3.8, 4) is 0 Å². The molecule has 0 bridgehead atoms. The van der Waals surface area contributed by atoms with Crippen LogP contribution in [0, 0.1) is 0 Å². The first-order valence-corrected chi connectivity index (χ1v) is 3.81. The number of nitrogens with zero attached hydrogens (tertiary/aromatic N) is 1. The van der Waals surface area contributed by atoms with Crippen LogP contribution >= 0.6 is 0 Å². The highest BCUT2D eigenvalue weighted by atomic mass is 16.6. The van der Waals surface area contributed by atoms with Gasteiger partial charge >= 0.3 is 5.97 Å². The number of carbonyl (C=O) groups is 1. The first kappa shape index (κ1) is 10.9. The van der Waals surface area contributed by atoms with Crippen molar-refractivity contribution in [1.82, 2.24) is 0 Å². The predicted molar refractivity (Wildman–Crippen MR) is 46.0 cm³/mol. The minimum atomic E-state index is -0.691. The monoisotopic (exact) mass is 173 g/mol. The SMILES string of the molecule is CCC(=O)OC(C)(C)/C=N/OC. The molecule has 0 rings (SSSR count). The number of hydrogen-bond donors (Lipinski definition) is 0. The molecule has 0 fully saturated rings. The standard InChI is InChI=1S/C8H15NO3/c1-5-7(10)12-8(2,3)6-9-11-4/h6H,5H2,1-4H3/b9-6+. The fourth-order valence-corrected chi connectivity index (χ4v) is 0.572. The van der Waals surface area contributed by atoms with Gasteiger partial charge in [-0.1, -0.05) is 12.1 Å². The summed E-state index contributed by atoms with van der Waals surface area (Å²) in [5, 5.41) is 3.53. The zero-order valence-electron chi connectivity index (χ0n) is 7.96. The van der Waals surface area contributed by atoms with Crippen molar-refractivity contribution >= 4 is 12.2 Å². The van der Waals surface area contributed by atoms with Gasteiger partial charge in [-0.3, -0.25) is 4.79 Å². The molecule has 70 valence electrons. The lowest BCUT2D eigenvalue weighted by Gasteiger charge is -2.19. The fraction of sp³-hybridized carbons (Fsp3) is 0.750. The minimum Gasteiger partial charge on any atom is -0.454 e. The van der Waals surface area contributed by atoms with Crippen LogP contribution in [-0.2, 0) is 14.4 Å². The summed E-state index contributed by atoms with van der Waals surface area (Å²) in [6.45, 7) is 5.22. The second-order valence-corrected chi connectivity index (χ2v) is 2.85. The Balaban J connectivity index is 4.03. The van der Waals surface area contributed by atoms with Crippen molar-refractivity contribution < 1.29 is 14.4 Å². The molecule has 12 heavy (non-hydrogen) atoms. The summed E-state index contributed by atoms with van der Waals surface area (Å²) in [5.74, 6) is -0.248. The molecule has 0 amide bonds. The van der Waals surface area contributed by atoms with E-state index < -0.39 is 5.60 Å². The third-order valence-electron chi connectivity index (χ3n) is 1.13. The van der Waals surface area contributed by atoms with E-state index in [9.17, 15) is 4.79 Å². The van der Waals surface area contributed by atoms with E-state index in [0.717, 1.165) is 0 Å². The van der Waals surface area contributed by atoms with Crippen molar-refractivity contribution in [1.29, 1.82) is 0 Å². The van der Waals surface area contributed by atoms with E-state index in [2.05, 4.69) is 9.99 Å². The lowest BCUT2D eigenvalue weighted by atomic mass is 10.2. The maximum Gasteiger partial charge on any atom is 0.306 e. The van der Waals surface area contributed by atoms with Crippen LogP contribution in [0.5, 0.6) is 0 Å². The Bertz CT molecular complexity index is 175. The van der Waals surface area contributed by atoms with Crippen molar-refractivity contribution in [2.75, 3.05) is 7.11 Å². The molecule has 0 aliphatic carbocycles. The van der Waals surface area contributed by atoms with Crippen LogP contribution in [0.15, 0.2) is 5.16 Å². The number of carbonyl (C=O) groups excluding carboxylic acids is 1. The molecule has 0 aliphatic heterocycles. The van der Waals surface area contributed by atoms with Crippen LogP contribution in [0.3, 0.4) is 0 Å². The van der Waals surface area contributed by atoms with E-state index in [1.807, 2.05) is 0 Å². The van der Waals surface area contributed by atoms with E-state index in [1.165, 1.54) is 13.3 Å². The normalized spacial score (nSPS) is 11.7. The second kappa shape index (κ2) is 4.74. The van der Waals surface area contributed by atoms with Crippen molar-refractivity contribution in [2.24, 2.45) is 5.16 Å². The topological polar surface area (TPSA) is 47.9 Å². The van der Waals surface area contributed by atoms with Crippen molar-refractivity contribution in [3.63, 3.8) is 0 Å². The second-order valence-electron chi connectivity index (χ2n) is 2.85. The summed E-state index contributed by atoms with van der Waals surface area (Å²) in [4.78, 5) is 15.3. The molecule has 0 unspecified atom stereocenters. The number of oxime groups is 1. The van der Waals surface area contributed by atoms with Gasteiger partial charge in [-0.15, -0.1) is 0 Å². The average Bonchev–Trinajstić information content (AvgIpc) is 2.00. The minimum absolute atomic E-state index is 0.248. The van der Waals surface area contributed by atoms with Crippen LogP contribution in [0.4, 0.5) is 0 Å². The van der Waals surface area contributed by atoms with Crippen LogP contribution < -0.4 is 0 Å². The Kier molecular flexibility index (Phi) is 4.33. The van der Waals surface area contributed by atoms with Crippen LogP contribution in [-0.4, -0.2) is 24.9 Å². The zero-order chi connectivity index (χ0) is 9.61. The quantitative estimate of drug-likeness (QED) is 0.366. The zero-order valence-corrected chi connectivity index (χ0v) is 7.96. The highest BCUT2D eigenvalue weighted by molar-refractivity contribution is 5.75. The van der Waals surface area contributed by atoms with Gasteiger partial charge in [0.05, 0.1) is 6.21 Å². The van der Waals surface area contributed by atoms with Gasteiger partial charge < -0.3 is 9.57 Å². The average molecular weight is 173 g/mol. The smallest absolute Gasteiger partial charge is 0.306 e. The highest BCUT2D eigenvalue weighted by Crippen LogP contribution is 2.07. The first-order valence-electron chi connectivity index (χ1n) is 3.81. The van der Waals surface area contributed by atoms with Crippen molar-refractivity contribution in [3.05, 3.63) is 0 Å². The van der Waals surface area contributed by atoms with Gasteiger partial charge in [0, 0.05) is 6.42 Å². The molecular formula is C8H15NO3. The Morgan fingerprint density at radius 2 is 2.17 bits per heavy atom. The lowest BCUT2D eigenvalue weighted by molar-refractivity contribution is -0.150. The predicted octanol–water partition coefficient (Wildman–Crippen LogP) is 1.35. The summed E-state index contributed by atoms with van der Waals surface area (Å²) in [7, 11) is 1.44. The molecule has 0 radical (unpaired) electrons. The van der Waals surface area contributed by atoms with E-state index in [-0.39, 0.29) is 5.97 Å². The van der Waals surface area contributed by atoms with Gasteiger partial charge in [0.2, 0.25) is 0 Å². The van der Waals surface area contributed by atoms with E-state index in [4.69, 9.17) is 4.74 Å². The van der Waals surface area contributed by atoms with Gasteiger partial charge in [0.1, 0.15) is 12.7 Å². The van der Waals surface area contributed by atoms with Crippen molar-refractivity contribution in [2.45, 2.75) is 32.8 Å². The summed E-state index contributed by atoms with van der Waals surface area (Å²) in [6, 6.07) is 0. The molecule has 4 heteroatoms. The number of ether oxygens (including phenoxy) is 1. The highest BCUT2D eigenvalue weighted by Gasteiger charge is 2.19. The van der Waals surface area contributed by atoms with Crippen LogP contribution in [0.1, 0.15) is 27.2 Å². The number of esters is 1. The Morgan fingerprint density at radius 1 is 1.58 bits per heavy atom. The van der Waals surface area contributed by atoms with Crippen LogP contribution in [0.25, 0.3) is 0 Å². The van der Waals surface area contributed by atoms with E-state index in [1.54, 1.807) is 20.8 Å². The Labute approximate surface area is 72.5 Å². The third kappa shape index (κ3) is 4.71. The maximum absolute atomic E-state index is 10.9. The van der Waals surface area contributed by atoms with E-state index >= 15 is 0 Å². The Hall–Kier alpha value is -1.06. The lowest BCUT2D eigenvalue weighted by Crippen LogP contribution is -2.29. The summed E-state index contributed by atoms with van der Waals surface area (Å²) < 4.78 is 5.02. The summed E-state index contributed by atoms with van der Waals surface area (Å²) in [5.41, 5.74) is -0.691. The molecule has 0 aromatic rings. The van der Waals surface area contributed by atoms with Gasteiger partial charge in [0.15, 0.2) is 0 Å². The molecule has 0 aromatic heterocycles. The molecule has 0 aromatic carbocycles. The summed E-state index contributed by atoms with van der Waals surface area (Å²) >= 11 is 0. The number of rotatable bonds is 4. The molecule has 0 spiro atoms. The van der Waals surface area contributed by atoms with Gasteiger partial charge in [-0.2, -0.15) is 0 Å². The fourth-order valence-electron chi connectivity index (χ4n) is 0.572. The third-order valence-corrected chi connectivity index (χ3v) is 1.13. The first-order chi connectivity index (χ1) is 5.52. The molecule has 4 nitrogen and oxygen atoms in total.